The summed E-state index contributed by atoms with van der Waals surface area (Å²) in [5.41, 5.74) is 0.672. The van der Waals surface area contributed by atoms with Gasteiger partial charge in [-0.1, -0.05) is 18.2 Å². The molecule has 0 aromatic heterocycles. The fraction of sp³-hybridized carbons (Fsp3) is 0.133. The highest BCUT2D eigenvalue weighted by molar-refractivity contribution is 5.79. The van der Waals surface area contributed by atoms with Crippen LogP contribution in [0.5, 0.6) is 5.75 Å². The number of rotatable bonds is 6. The Bertz CT molecular complexity index is 672. The van der Waals surface area contributed by atoms with E-state index in [1.54, 1.807) is 18.2 Å². The number of halogens is 1. The van der Waals surface area contributed by atoms with Crippen molar-refractivity contribution in [2.24, 2.45) is 0 Å². The van der Waals surface area contributed by atoms with Crippen molar-refractivity contribution in [3.63, 3.8) is 0 Å². The predicted molar refractivity (Wildman–Crippen MR) is 74.1 cm³/mol. The molecule has 0 unspecified atom stereocenters. The number of carbonyl (C=O) groups is 1. The minimum Gasteiger partial charge on any atom is -0.492 e. The van der Waals surface area contributed by atoms with Gasteiger partial charge in [0.1, 0.15) is 11.6 Å². The molecule has 0 radical (unpaired) electrons. The Balaban J connectivity index is 2.05. The molecule has 21 heavy (non-hydrogen) atoms. The summed E-state index contributed by atoms with van der Waals surface area (Å²) in [5.74, 6) is -0.270. The molecule has 0 amide bonds. The highest BCUT2D eigenvalue weighted by atomic mass is 19.1. The molecule has 0 saturated heterocycles. The fourth-order valence-electron chi connectivity index (χ4n) is 1.91. The molecule has 2 rings (SSSR count). The molecule has 0 bridgehead atoms. The Morgan fingerprint density at radius 1 is 1.24 bits per heavy atom. The molecule has 2 aromatic rings. The van der Waals surface area contributed by atoms with Crippen LogP contribution in [0.4, 0.5) is 10.1 Å². The number of carbonyl (C=O) groups excluding carboxylic acids is 1. The second kappa shape index (κ2) is 6.60. The van der Waals surface area contributed by atoms with Gasteiger partial charge in [0, 0.05) is 18.1 Å². The monoisotopic (exact) mass is 289 g/mol. The molecule has 0 saturated carbocycles. The van der Waals surface area contributed by atoms with Crippen molar-refractivity contribution >= 4 is 12.0 Å². The predicted octanol–water partition coefficient (Wildman–Crippen LogP) is 3.17. The minimum atomic E-state index is -0.525. The Labute approximate surface area is 120 Å². The number of hydrogen-bond acceptors (Lipinski definition) is 4. The minimum absolute atomic E-state index is 0.0239. The number of nitro benzene ring substituents is 1. The zero-order valence-electron chi connectivity index (χ0n) is 11.0. The van der Waals surface area contributed by atoms with E-state index in [1.165, 1.54) is 18.2 Å². The lowest BCUT2D eigenvalue weighted by atomic mass is 10.1. The second-order valence-electron chi connectivity index (χ2n) is 4.28. The molecule has 0 heterocycles. The third-order valence-electron chi connectivity index (χ3n) is 2.92. The van der Waals surface area contributed by atoms with Gasteiger partial charge in [0.25, 0.3) is 5.69 Å². The molecule has 6 heteroatoms. The van der Waals surface area contributed by atoms with E-state index in [0.29, 0.717) is 18.3 Å². The number of para-hydroxylation sites is 1. The van der Waals surface area contributed by atoms with Crippen molar-refractivity contribution < 1.29 is 18.8 Å². The quantitative estimate of drug-likeness (QED) is 0.465. The van der Waals surface area contributed by atoms with Gasteiger partial charge in [-0.3, -0.25) is 14.9 Å². The van der Waals surface area contributed by atoms with Crippen LogP contribution in [-0.4, -0.2) is 17.8 Å². The SMILES string of the molecule is O=Cc1cc(F)ccc1OCCc1ccccc1[N+](=O)[O-]. The number of nitrogens with zero attached hydrogens (tertiary/aromatic N) is 1. The number of nitro groups is 1. The van der Waals surface area contributed by atoms with Gasteiger partial charge in [-0.05, 0) is 18.2 Å². The van der Waals surface area contributed by atoms with Crippen LogP contribution >= 0.6 is 0 Å². The van der Waals surface area contributed by atoms with Gasteiger partial charge >= 0.3 is 0 Å². The van der Waals surface area contributed by atoms with Crippen molar-refractivity contribution in [3.05, 3.63) is 69.5 Å². The van der Waals surface area contributed by atoms with Crippen LogP contribution < -0.4 is 4.74 Å². The summed E-state index contributed by atoms with van der Waals surface area (Å²) in [6, 6.07) is 9.99. The maximum atomic E-state index is 13.0. The first-order valence-corrected chi connectivity index (χ1v) is 6.21. The van der Waals surface area contributed by atoms with Gasteiger partial charge < -0.3 is 4.74 Å². The maximum Gasteiger partial charge on any atom is 0.272 e. The Kier molecular flexibility index (Phi) is 4.61. The van der Waals surface area contributed by atoms with E-state index in [4.69, 9.17) is 4.74 Å². The number of aldehydes is 1. The van der Waals surface area contributed by atoms with Crippen molar-refractivity contribution in [2.45, 2.75) is 6.42 Å². The number of benzene rings is 2. The third-order valence-corrected chi connectivity index (χ3v) is 2.92. The maximum absolute atomic E-state index is 13.0. The van der Waals surface area contributed by atoms with Crippen molar-refractivity contribution in [1.82, 2.24) is 0 Å². The molecule has 0 aliphatic carbocycles. The van der Waals surface area contributed by atoms with Gasteiger partial charge in [-0.15, -0.1) is 0 Å². The van der Waals surface area contributed by atoms with Crippen molar-refractivity contribution in [1.29, 1.82) is 0 Å². The van der Waals surface area contributed by atoms with E-state index in [0.717, 1.165) is 6.07 Å². The first-order valence-electron chi connectivity index (χ1n) is 6.21. The number of ether oxygens (including phenoxy) is 1. The molecule has 0 atom stereocenters. The van der Waals surface area contributed by atoms with E-state index < -0.39 is 10.7 Å². The molecule has 2 aromatic carbocycles. The topological polar surface area (TPSA) is 69.4 Å². The average molecular weight is 289 g/mol. The molecule has 0 N–H and O–H groups in total. The first-order chi connectivity index (χ1) is 10.1. The third kappa shape index (κ3) is 3.62. The van der Waals surface area contributed by atoms with Gasteiger partial charge in [0.05, 0.1) is 17.1 Å². The Morgan fingerprint density at radius 2 is 2.00 bits per heavy atom. The van der Waals surface area contributed by atoms with E-state index in [9.17, 15) is 19.3 Å². The molecule has 0 fully saturated rings. The Morgan fingerprint density at radius 3 is 2.71 bits per heavy atom. The first kappa shape index (κ1) is 14.6. The van der Waals surface area contributed by atoms with Gasteiger partial charge in [-0.25, -0.2) is 4.39 Å². The molecule has 0 spiro atoms. The van der Waals surface area contributed by atoms with Crippen LogP contribution in [0.15, 0.2) is 42.5 Å². The second-order valence-corrected chi connectivity index (χ2v) is 4.28. The van der Waals surface area contributed by atoms with Crippen LogP contribution in [0.25, 0.3) is 0 Å². The number of hydrogen-bond donors (Lipinski definition) is 0. The summed E-state index contributed by atoms with van der Waals surface area (Å²) in [6.45, 7) is 0.150. The smallest absolute Gasteiger partial charge is 0.272 e. The van der Waals surface area contributed by atoms with Crippen LogP contribution in [0.1, 0.15) is 15.9 Å². The summed E-state index contributed by atoms with van der Waals surface area (Å²) in [6.07, 6.45) is 0.816. The van der Waals surface area contributed by atoms with E-state index in [-0.39, 0.29) is 23.6 Å². The van der Waals surface area contributed by atoms with Crippen LogP contribution in [0.3, 0.4) is 0 Å². The highest BCUT2D eigenvalue weighted by Gasteiger charge is 2.12. The van der Waals surface area contributed by atoms with Crippen LogP contribution in [0.2, 0.25) is 0 Å². The molecular weight excluding hydrogens is 277 g/mol. The summed E-state index contributed by atoms with van der Waals surface area (Å²) < 4.78 is 18.4. The lowest BCUT2D eigenvalue weighted by molar-refractivity contribution is -0.385. The molecule has 5 nitrogen and oxygen atoms in total. The zero-order chi connectivity index (χ0) is 15.2. The van der Waals surface area contributed by atoms with Crippen LogP contribution in [-0.2, 0) is 6.42 Å². The molecule has 0 aliphatic heterocycles. The van der Waals surface area contributed by atoms with Gasteiger partial charge in [0.15, 0.2) is 6.29 Å². The summed E-state index contributed by atoms with van der Waals surface area (Å²) >= 11 is 0. The standard InChI is InChI=1S/C15H12FNO4/c16-13-5-6-15(12(9-13)10-18)21-8-7-11-3-1-2-4-14(11)17(19)20/h1-6,9-10H,7-8H2. The van der Waals surface area contributed by atoms with Gasteiger partial charge in [-0.2, -0.15) is 0 Å². The molecule has 0 aliphatic rings. The summed E-state index contributed by atoms with van der Waals surface area (Å²) in [5, 5.41) is 10.9. The van der Waals surface area contributed by atoms with Crippen molar-refractivity contribution in [2.75, 3.05) is 6.61 Å². The average Bonchev–Trinajstić information content (AvgIpc) is 2.49. The molecular formula is C15H12FNO4. The zero-order valence-corrected chi connectivity index (χ0v) is 11.0. The molecule has 108 valence electrons. The fourth-order valence-corrected chi connectivity index (χ4v) is 1.91. The lowest BCUT2D eigenvalue weighted by Crippen LogP contribution is -2.05. The van der Waals surface area contributed by atoms with E-state index in [2.05, 4.69) is 0 Å². The summed E-state index contributed by atoms with van der Waals surface area (Å²) in [4.78, 5) is 21.2. The summed E-state index contributed by atoms with van der Waals surface area (Å²) in [7, 11) is 0. The lowest BCUT2D eigenvalue weighted by Gasteiger charge is -2.08. The van der Waals surface area contributed by atoms with Crippen LogP contribution in [0, 0.1) is 15.9 Å². The van der Waals surface area contributed by atoms with E-state index >= 15 is 0 Å². The van der Waals surface area contributed by atoms with E-state index in [1.807, 2.05) is 0 Å². The van der Waals surface area contributed by atoms with Crippen molar-refractivity contribution in [3.8, 4) is 5.75 Å². The highest BCUT2D eigenvalue weighted by Crippen LogP contribution is 2.20. The Hall–Kier alpha value is -2.76. The largest absolute Gasteiger partial charge is 0.492 e. The van der Waals surface area contributed by atoms with Gasteiger partial charge in [0.2, 0.25) is 0 Å². The normalized spacial score (nSPS) is 10.1.